The molecule has 2 aromatic rings. The summed E-state index contributed by atoms with van der Waals surface area (Å²) in [5.74, 6) is 1.69. The lowest BCUT2D eigenvalue weighted by Gasteiger charge is -2.13. The third-order valence-electron chi connectivity index (χ3n) is 3.20. The average molecular weight is 308 g/mol. The number of oxazole rings is 1. The Bertz CT molecular complexity index is 565. The van der Waals surface area contributed by atoms with Crippen LogP contribution in [0, 0.1) is 0 Å². The Morgan fingerprint density at radius 2 is 2.33 bits per heavy atom. The van der Waals surface area contributed by atoms with Crippen molar-refractivity contribution in [1.82, 2.24) is 4.98 Å². The van der Waals surface area contributed by atoms with Crippen molar-refractivity contribution in [2.75, 3.05) is 0 Å². The second-order valence-corrected chi connectivity index (χ2v) is 5.60. The van der Waals surface area contributed by atoms with Crippen LogP contribution in [0.1, 0.15) is 29.3 Å². The van der Waals surface area contributed by atoms with Gasteiger partial charge in [-0.05, 0) is 24.1 Å². The summed E-state index contributed by atoms with van der Waals surface area (Å²) >= 11 is 3.46. The van der Waals surface area contributed by atoms with Gasteiger partial charge in [-0.3, -0.25) is 0 Å². The van der Waals surface area contributed by atoms with Gasteiger partial charge >= 0.3 is 0 Å². The van der Waals surface area contributed by atoms with Crippen LogP contribution in [0.5, 0.6) is 0 Å². The second kappa shape index (κ2) is 4.86. The highest BCUT2D eigenvalue weighted by Crippen LogP contribution is 2.23. The zero-order chi connectivity index (χ0) is 12.5. The first kappa shape index (κ1) is 11.9. The summed E-state index contributed by atoms with van der Waals surface area (Å²) in [6.07, 6.45) is 2.63. The van der Waals surface area contributed by atoms with Gasteiger partial charge in [0.15, 0.2) is 5.89 Å². The maximum absolute atomic E-state index is 9.60. The van der Waals surface area contributed by atoms with E-state index in [1.807, 2.05) is 12.1 Å². The van der Waals surface area contributed by atoms with E-state index in [1.165, 1.54) is 5.56 Å². The number of benzene rings is 1. The molecule has 0 amide bonds. The molecule has 1 aliphatic carbocycles. The molecule has 1 heterocycles. The van der Waals surface area contributed by atoms with Crippen molar-refractivity contribution in [3.8, 4) is 0 Å². The van der Waals surface area contributed by atoms with Gasteiger partial charge in [-0.2, -0.15) is 0 Å². The number of aryl methyl sites for hydroxylation is 1. The van der Waals surface area contributed by atoms with Gasteiger partial charge in [0.05, 0.1) is 11.8 Å². The minimum Gasteiger partial charge on any atom is -0.445 e. The average Bonchev–Trinajstić information content (AvgIpc) is 2.70. The molecule has 3 rings (SSSR count). The highest BCUT2D eigenvalue weighted by Gasteiger charge is 2.22. The zero-order valence-electron chi connectivity index (χ0n) is 9.90. The van der Waals surface area contributed by atoms with E-state index in [-0.39, 0.29) is 6.10 Å². The fraction of sp³-hybridized carbons (Fsp3) is 0.357. The van der Waals surface area contributed by atoms with Gasteiger partial charge in [0.2, 0.25) is 0 Å². The largest absolute Gasteiger partial charge is 0.445 e. The first-order valence-electron chi connectivity index (χ1n) is 6.10. The molecule has 0 saturated carbocycles. The molecule has 0 aliphatic heterocycles. The van der Waals surface area contributed by atoms with Crippen molar-refractivity contribution < 1.29 is 9.52 Å². The van der Waals surface area contributed by atoms with Gasteiger partial charge in [-0.25, -0.2) is 4.98 Å². The van der Waals surface area contributed by atoms with Gasteiger partial charge in [0.25, 0.3) is 0 Å². The van der Waals surface area contributed by atoms with Crippen LogP contribution in [0.15, 0.2) is 33.2 Å². The van der Waals surface area contributed by atoms with E-state index in [0.717, 1.165) is 34.7 Å². The van der Waals surface area contributed by atoms with Crippen molar-refractivity contribution >= 4 is 15.9 Å². The van der Waals surface area contributed by atoms with Crippen molar-refractivity contribution in [2.45, 2.75) is 31.8 Å². The number of hydrogen-bond donors (Lipinski definition) is 1. The molecular formula is C14H14BrNO2. The molecule has 18 heavy (non-hydrogen) atoms. The second-order valence-electron chi connectivity index (χ2n) is 4.68. The maximum Gasteiger partial charge on any atom is 0.199 e. The molecule has 0 bridgehead atoms. The molecule has 3 nitrogen and oxygen atoms in total. The zero-order valence-corrected chi connectivity index (χ0v) is 11.5. The number of fused-ring (bicyclic) bond motifs is 1. The van der Waals surface area contributed by atoms with Crippen LogP contribution >= 0.6 is 15.9 Å². The Balaban J connectivity index is 1.82. The number of hydrogen-bond acceptors (Lipinski definition) is 3. The lowest BCUT2D eigenvalue weighted by atomic mass is 9.99. The first-order valence-corrected chi connectivity index (χ1v) is 6.90. The fourth-order valence-electron chi connectivity index (χ4n) is 2.31. The Kier molecular flexibility index (Phi) is 3.22. The van der Waals surface area contributed by atoms with E-state index < -0.39 is 0 Å². The lowest BCUT2D eigenvalue weighted by Crippen LogP contribution is -2.17. The monoisotopic (exact) mass is 307 g/mol. The highest BCUT2D eigenvalue weighted by atomic mass is 79.9. The fourth-order valence-corrected chi connectivity index (χ4v) is 2.76. The summed E-state index contributed by atoms with van der Waals surface area (Å²) in [6.45, 7) is 0. The molecule has 1 aromatic heterocycles. The van der Waals surface area contributed by atoms with Crippen molar-refractivity contribution in [2.24, 2.45) is 0 Å². The normalized spacial score (nSPS) is 18.7. The van der Waals surface area contributed by atoms with E-state index >= 15 is 0 Å². The Morgan fingerprint density at radius 1 is 1.44 bits per heavy atom. The molecule has 0 saturated heterocycles. The van der Waals surface area contributed by atoms with Crippen LogP contribution in [-0.2, 0) is 19.3 Å². The summed E-state index contributed by atoms with van der Waals surface area (Å²) in [4.78, 5) is 4.48. The van der Waals surface area contributed by atoms with Crippen molar-refractivity contribution in [1.29, 1.82) is 0 Å². The molecule has 1 N–H and O–H groups in total. The van der Waals surface area contributed by atoms with Crippen LogP contribution in [0.2, 0.25) is 0 Å². The van der Waals surface area contributed by atoms with Gasteiger partial charge in [-0.1, -0.05) is 28.1 Å². The number of aromatic nitrogens is 1. The molecular weight excluding hydrogens is 294 g/mol. The smallest absolute Gasteiger partial charge is 0.199 e. The number of aliphatic hydroxyl groups excluding tert-OH is 1. The van der Waals surface area contributed by atoms with E-state index in [0.29, 0.717) is 12.8 Å². The topological polar surface area (TPSA) is 46.3 Å². The molecule has 1 unspecified atom stereocenters. The summed E-state index contributed by atoms with van der Waals surface area (Å²) in [5.41, 5.74) is 2.10. The minimum absolute atomic E-state index is 0.263. The van der Waals surface area contributed by atoms with Gasteiger partial charge in [0, 0.05) is 23.7 Å². The maximum atomic E-state index is 9.60. The van der Waals surface area contributed by atoms with Gasteiger partial charge < -0.3 is 9.52 Å². The summed E-state index contributed by atoms with van der Waals surface area (Å²) in [6, 6.07) is 8.13. The SMILES string of the molecule is OC1CCc2oc(Cc3cccc(Br)c3)nc2C1. The summed E-state index contributed by atoms with van der Waals surface area (Å²) in [7, 11) is 0. The predicted molar refractivity (Wildman–Crippen MR) is 71.5 cm³/mol. The van der Waals surface area contributed by atoms with Gasteiger partial charge in [-0.15, -0.1) is 0 Å². The Hall–Kier alpha value is -1.13. The van der Waals surface area contributed by atoms with E-state index in [9.17, 15) is 5.11 Å². The highest BCUT2D eigenvalue weighted by molar-refractivity contribution is 9.10. The van der Waals surface area contributed by atoms with Crippen LogP contribution in [0.3, 0.4) is 0 Å². The summed E-state index contributed by atoms with van der Waals surface area (Å²) < 4.78 is 6.82. The van der Waals surface area contributed by atoms with Crippen LogP contribution < -0.4 is 0 Å². The van der Waals surface area contributed by atoms with Crippen LogP contribution in [0.4, 0.5) is 0 Å². The Morgan fingerprint density at radius 3 is 3.17 bits per heavy atom. The molecule has 0 spiro atoms. The quantitative estimate of drug-likeness (QED) is 0.928. The van der Waals surface area contributed by atoms with Crippen molar-refractivity contribution in [3.63, 3.8) is 0 Å². The molecule has 0 fully saturated rings. The lowest BCUT2D eigenvalue weighted by molar-refractivity contribution is 0.153. The van der Waals surface area contributed by atoms with E-state index in [1.54, 1.807) is 0 Å². The number of halogens is 1. The molecule has 0 radical (unpaired) electrons. The van der Waals surface area contributed by atoms with Gasteiger partial charge in [0.1, 0.15) is 5.76 Å². The standard InChI is InChI=1S/C14H14BrNO2/c15-10-3-1-2-9(6-10)7-14-16-12-8-11(17)4-5-13(12)18-14/h1-3,6,11,17H,4-5,7-8H2. The molecule has 4 heteroatoms. The number of rotatable bonds is 2. The van der Waals surface area contributed by atoms with E-state index in [2.05, 4.69) is 33.0 Å². The van der Waals surface area contributed by atoms with Crippen LogP contribution in [0.25, 0.3) is 0 Å². The molecule has 1 atom stereocenters. The van der Waals surface area contributed by atoms with Crippen LogP contribution in [-0.4, -0.2) is 16.2 Å². The van der Waals surface area contributed by atoms with Crippen molar-refractivity contribution in [3.05, 3.63) is 51.6 Å². The Labute approximate surface area is 114 Å². The molecule has 1 aliphatic rings. The summed E-state index contributed by atoms with van der Waals surface area (Å²) in [5, 5.41) is 9.60. The third kappa shape index (κ3) is 2.49. The minimum atomic E-state index is -0.263. The predicted octanol–water partition coefficient (Wildman–Crippen LogP) is 2.88. The number of nitrogens with zero attached hydrogens (tertiary/aromatic N) is 1. The first-order chi connectivity index (χ1) is 8.70. The number of aliphatic hydroxyl groups is 1. The van der Waals surface area contributed by atoms with E-state index in [4.69, 9.17) is 4.42 Å². The third-order valence-corrected chi connectivity index (χ3v) is 3.69. The molecule has 94 valence electrons. The molecule has 1 aromatic carbocycles.